The van der Waals surface area contributed by atoms with Crippen molar-refractivity contribution in [3.05, 3.63) is 29.6 Å². The number of aliphatic imine (C=N–C) groups is 1. The Kier molecular flexibility index (Phi) is 10.1. The minimum absolute atomic E-state index is 0. The summed E-state index contributed by atoms with van der Waals surface area (Å²) >= 11 is 0. The molecule has 2 aliphatic heterocycles. The van der Waals surface area contributed by atoms with Crippen LogP contribution in [0.1, 0.15) is 64.0 Å². The molecule has 1 aromatic rings. The average Bonchev–Trinajstić information content (AvgIpc) is 3.46. The molecule has 186 valence electrons. The summed E-state index contributed by atoms with van der Waals surface area (Å²) in [5, 5.41) is 6.84. The Morgan fingerprint density at radius 3 is 2.64 bits per heavy atom. The minimum atomic E-state index is -0.297. The van der Waals surface area contributed by atoms with Gasteiger partial charge in [0.05, 0.1) is 19.2 Å². The molecule has 1 atom stereocenters. The van der Waals surface area contributed by atoms with Gasteiger partial charge in [0.25, 0.3) is 0 Å². The molecule has 1 saturated carbocycles. The molecular formula is C25H40FIN4O2. The molecule has 1 aliphatic carbocycles. The number of rotatable bonds is 9. The summed E-state index contributed by atoms with van der Waals surface area (Å²) in [7, 11) is 0. The summed E-state index contributed by atoms with van der Waals surface area (Å²) in [4.78, 5) is 7.62. The van der Waals surface area contributed by atoms with Crippen molar-refractivity contribution in [2.45, 2.75) is 64.0 Å². The van der Waals surface area contributed by atoms with E-state index in [-0.39, 0.29) is 41.4 Å². The van der Waals surface area contributed by atoms with Gasteiger partial charge in [-0.05, 0) is 89.1 Å². The predicted molar refractivity (Wildman–Crippen MR) is 141 cm³/mol. The quantitative estimate of drug-likeness (QED) is 0.259. The first-order chi connectivity index (χ1) is 15.6. The lowest BCUT2D eigenvalue weighted by Crippen LogP contribution is -2.54. The molecule has 33 heavy (non-hydrogen) atoms. The van der Waals surface area contributed by atoms with Crippen LogP contribution >= 0.6 is 24.0 Å². The van der Waals surface area contributed by atoms with E-state index in [1.54, 1.807) is 12.1 Å². The van der Waals surface area contributed by atoms with E-state index in [4.69, 9.17) is 14.5 Å². The van der Waals surface area contributed by atoms with Gasteiger partial charge in [-0.1, -0.05) is 6.07 Å². The van der Waals surface area contributed by atoms with Gasteiger partial charge >= 0.3 is 0 Å². The lowest BCUT2D eigenvalue weighted by molar-refractivity contribution is -0.0139. The van der Waals surface area contributed by atoms with Gasteiger partial charge in [-0.3, -0.25) is 9.89 Å². The summed E-state index contributed by atoms with van der Waals surface area (Å²) in [6.07, 6.45) is 6.98. The molecule has 3 aliphatic rings. The molecule has 6 nitrogen and oxygen atoms in total. The highest BCUT2D eigenvalue weighted by molar-refractivity contribution is 14.0. The van der Waals surface area contributed by atoms with E-state index in [0.717, 1.165) is 63.8 Å². The Morgan fingerprint density at radius 2 is 2.00 bits per heavy atom. The van der Waals surface area contributed by atoms with E-state index < -0.39 is 0 Å². The van der Waals surface area contributed by atoms with E-state index >= 15 is 0 Å². The van der Waals surface area contributed by atoms with Crippen molar-refractivity contribution in [1.82, 2.24) is 15.5 Å². The third-order valence-corrected chi connectivity index (χ3v) is 7.06. The first-order valence-electron chi connectivity index (χ1n) is 12.4. The van der Waals surface area contributed by atoms with Crippen LogP contribution in [0.15, 0.2) is 23.2 Å². The maximum Gasteiger partial charge on any atom is 0.191 e. The number of likely N-dealkylation sites (tertiary alicyclic amines) is 1. The van der Waals surface area contributed by atoms with Crippen molar-refractivity contribution >= 4 is 29.9 Å². The smallest absolute Gasteiger partial charge is 0.191 e. The Balaban J connectivity index is 0.00000306. The SMILES string of the molecule is CCNC(=NCC1(N2CCCC2)CCOCC1)NC(C)c1ccc(OCC2CC2)c(F)c1.I. The molecule has 0 bridgehead atoms. The number of benzene rings is 1. The van der Waals surface area contributed by atoms with Crippen LogP contribution in [-0.4, -0.2) is 62.4 Å². The van der Waals surface area contributed by atoms with Crippen molar-refractivity contribution in [2.24, 2.45) is 10.9 Å². The fourth-order valence-corrected chi connectivity index (χ4v) is 4.75. The second-order valence-electron chi connectivity index (χ2n) is 9.54. The first-order valence-corrected chi connectivity index (χ1v) is 12.4. The van der Waals surface area contributed by atoms with E-state index in [1.165, 1.54) is 25.7 Å². The predicted octanol–water partition coefficient (Wildman–Crippen LogP) is 4.49. The zero-order valence-electron chi connectivity index (χ0n) is 20.1. The second-order valence-corrected chi connectivity index (χ2v) is 9.54. The van der Waals surface area contributed by atoms with Gasteiger partial charge in [0.2, 0.25) is 0 Å². The molecule has 2 saturated heterocycles. The van der Waals surface area contributed by atoms with E-state index in [9.17, 15) is 4.39 Å². The molecule has 0 aromatic heterocycles. The number of nitrogens with zero attached hydrogens (tertiary/aromatic N) is 2. The zero-order valence-corrected chi connectivity index (χ0v) is 22.4. The van der Waals surface area contributed by atoms with Crippen molar-refractivity contribution in [2.75, 3.05) is 46.0 Å². The molecule has 1 aromatic carbocycles. The largest absolute Gasteiger partial charge is 0.490 e. The standard InChI is InChI=1S/C25H39FN4O2.HI/c1-3-27-24(28-18-25(10-14-31-15-11-25)30-12-4-5-13-30)29-19(2)21-8-9-23(22(26)16-21)32-17-20-6-7-20;/h8-9,16,19-20H,3-7,10-15,17-18H2,1-2H3,(H2,27,28,29);1H. The summed E-state index contributed by atoms with van der Waals surface area (Å²) in [6.45, 7) is 10.2. The number of hydrogen-bond acceptors (Lipinski definition) is 4. The van der Waals surface area contributed by atoms with Crippen LogP contribution in [0.25, 0.3) is 0 Å². The fraction of sp³-hybridized carbons (Fsp3) is 0.720. The monoisotopic (exact) mass is 574 g/mol. The normalized spacial score (nSPS) is 21.8. The van der Waals surface area contributed by atoms with Crippen molar-refractivity contribution in [1.29, 1.82) is 0 Å². The zero-order chi connectivity index (χ0) is 22.4. The number of ether oxygens (including phenoxy) is 2. The molecule has 3 fully saturated rings. The Hall–Kier alpha value is -1.13. The van der Waals surface area contributed by atoms with Crippen LogP contribution in [0, 0.1) is 11.7 Å². The summed E-state index contributed by atoms with van der Waals surface area (Å²) in [6, 6.07) is 5.20. The fourth-order valence-electron chi connectivity index (χ4n) is 4.75. The van der Waals surface area contributed by atoms with Crippen LogP contribution in [0.3, 0.4) is 0 Å². The summed E-state index contributed by atoms with van der Waals surface area (Å²) < 4.78 is 25.9. The maximum atomic E-state index is 14.6. The molecule has 0 amide bonds. The van der Waals surface area contributed by atoms with Gasteiger partial charge < -0.3 is 20.1 Å². The van der Waals surface area contributed by atoms with Gasteiger partial charge in [-0.15, -0.1) is 24.0 Å². The lowest BCUT2D eigenvalue weighted by atomic mass is 9.88. The molecule has 2 heterocycles. The van der Waals surface area contributed by atoms with Crippen LogP contribution in [-0.2, 0) is 4.74 Å². The van der Waals surface area contributed by atoms with E-state index in [0.29, 0.717) is 18.3 Å². The third kappa shape index (κ3) is 7.18. The van der Waals surface area contributed by atoms with E-state index in [2.05, 4.69) is 22.5 Å². The molecule has 4 rings (SSSR count). The summed E-state index contributed by atoms with van der Waals surface area (Å²) in [5.74, 6) is 1.43. The molecule has 1 unspecified atom stereocenters. The van der Waals surface area contributed by atoms with Crippen molar-refractivity contribution in [3.63, 3.8) is 0 Å². The van der Waals surface area contributed by atoms with Crippen LogP contribution in [0.4, 0.5) is 4.39 Å². The van der Waals surface area contributed by atoms with Crippen molar-refractivity contribution in [3.8, 4) is 5.75 Å². The van der Waals surface area contributed by atoms with Gasteiger partial charge in [0, 0.05) is 25.3 Å². The molecule has 0 radical (unpaired) electrons. The van der Waals surface area contributed by atoms with Gasteiger partial charge in [0.15, 0.2) is 17.5 Å². The molecule has 0 spiro atoms. The number of guanidine groups is 1. The lowest BCUT2D eigenvalue weighted by Gasteiger charge is -2.43. The first kappa shape index (κ1) is 26.5. The van der Waals surface area contributed by atoms with Gasteiger partial charge in [0.1, 0.15) is 0 Å². The molecule has 8 heteroatoms. The van der Waals surface area contributed by atoms with Crippen LogP contribution in [0.5, 0.6) is 5.75 Å². The van der Waals surface area contributed by atoms with Crippen LogP contribution < -0.4 is 15.4 Å². The number of halogens is 2. The van der Waals surface area contributed by atoms with Crippen molar-refractivity contribution < 1.29 is 13.9 Å². The van der Waals surface area contributed by atoms with E-state index in [1.807, 2.05) is 13.0 Å². The molecular weight excluding hydrogens is 534 g/mol. The average molecular weight is 575 g/mol. The third-order valence-electron chi connectivity index (χ3n) is 7.06. The highest BCUT2D eigenvalue weighted by atomic mass is 127. The highest BCUT2D eigenvalue weighted by Crippen LogP contribution is 2.32. The second kappa shape index (κ2) is 12.5. The van der Waals surface area contributed by atoms with Gasteiger partial charge in [-0.25, -0.2) is 4.39 Å². The minimum Gasteiger partial charge on any atom is -0.490 e. The number of hydrogen-bond donors (Lipinski definition) is 2. The Bertz CT molecular complexity index is 778. The van der Waals surface area contributed by atoms with Crippen LogP contribution in [0.2, 0.25) is 0 Å². The topological polar surface area (TPSA) is 58.1 Å². The van der Waals surface area contributed by atoms with Gasteiger partial charge in [-0.2, -0.15) is 0 Å². The number of nitrogens with one attached hydrogen (secondary N) is 2. The summed E-state index contributed by atoms with van der Waals surface area (Å²) in [5.41, 5.74) is 0.972. The Labute approximate surface area is 215 Å². The highest BCUT2D eigenvalue weighted by Gasteiger charge is 2.39. The Morgan fingerprint density at radius 1 is 1.27 bits per heavy atom. The molecule has 2 N–H and O–H groups in total. The maximum absolute atomic E-state index is 14.6.